The highest BCUT2D eigenvalue weighted by molar-refractivity contribution is 14.0. The van der Waals surface area contributed by atoms with Gasteiger partial charge in [0.2, 0.25) is 0 Å². The molecule has 1 heterocycles. The van der Waals surface area contributed by atoms with E-state index in [1.54, 1.807) is 7.11 Å². The summed E-state index contributed by atoms with van der Waals surface area (Å²) in [4.78, 5) is 6.83. The monoisotopic (exact) mass is 523 g/mol. The minimum atomic E-state index is 0. The van der Waals surface area contributed by atoms with Crippen molar-refractivity contribution in [2.24, 2.45) is 4.99 Å². The number of ether oxygens (including phenoxy) is 2. The predicted octanol–water partition coefficient (Wildman–Crippen LogP) is 4.54. The maximum atomic E-state index is 6.01. The smallest absolute Gasteiger partial charge is 0.193 e. The van der Waals surface area contributed by atoms with E-state index in [2.05, 4.69) is 34.3 Å². The molecule has 1 saturated heterocycles. The van der Waals surface area contributed by atoms with Crippen LogP contribution >= 0.6 is 35.6 Å². The van der Waals surface area contributed by atoms with E-state index >= 15 is 0 Å². The molecule has 0 spiro atoms. The molecule has 1 N–H and O–H groups in total. The Balaban J connectivity index is 0.00000392. The highest BCUT2D eigenvalue weighted by Crippen LogP contribution is 2.21. The van der Waals surface area contributed by atoms with Gasteiger partial charge in [0, 0.05) is 57.9 Å². The van der Waals surface area contributed by atoms with E-state index in [0.29, 0.717) is 12.0 Å². The van der Waals surface area contributed by atoms with Crippen LogP contribution in [0.4, 0.5) is 0 Å². The van der Waals surface area contributed by atoms with Gasteiger partial charge in [-0.1, -0.05) is 30.7 Å². The molecule has 0 saturated carbocycles. The minimum absolute atomic E-state index is 0. The van der Waals surface area contributed by atoms with Gasteiger partial charge in [0.15, 0.2) is 5.96 Å². The standard InChI is InChI=1S/C21H34ClN3O2.HI/c1-4-17(18-6-8-19(22)9-7-18)16-24-21(23-2)25-12-10-20(11-13-25)27-15-5-14-26-3;/h6-9,17,20H,4-5,10-16H2,1-3H3,(H,23,24);1H. The molecule has 0 amide bonds. The molecular weight excluding hydrogens is 489 g/mol. The van der Waals surface area contributed by atoms with Crippen LogP contribution in [0.2, 0.25) is 5.02 Å². The number of methoxy groups -OCH3 is 1. The Morgan fingerprint density at radius 2 is 1.93 bits per heavy atom. The van der Waals surface area contributed by atoms with Crippen molar-refractivity contribution in [3.05, 3.63) is 34.9 Å². The summed E-state index contributed by atoms with van der Waals surface area (Å²) >= 11 is 6.01. The molecule has 1 aromatic rings. The predicted molar refractivity (Wildman–Crippen MR) is 128 cm³/mol. The SMILES string of the molecule is CCC(CNC(=NC)N1CCC(OCCCOC)CC1)c1ccc(Cl)cc1.I. The summed E-state index contributed by atoms with van der Waals surface area (Å²) in [5, 5.41) is 4.35. The van der Waals surface area contributed by atoms with Gasteiger partial charge in [-0.15, -0.1) is 24.0 Å². The van der Waals surface area contributed by atoms with Crippen molar-refractivity contribution in [3.8, 4) is 0 Å². The van der Waals surface area contributed by atoms with Crippen molar-refractivity contribution in [1.82, 2.24) is 10.2 Å². The van der Waals surface area contributed by atoms with Crippen LogP contribution in [0.25, 0.3) is 0 Å². The molecular formula is C21H35ClIN3O2. The zero-order valence-corrected chi connectivity index (χ0v) is 20.4. The summed E-state index contributed by atoms with van der Waals surface area (Å²) in [5.74, 6) is 1.43. The Hall–Kier alpha value is -0.570. The third kappa shape index (κ3) is 8.43. The second kappa shape index (κ2) is 14.4. The number of benzene rings is 1. The van der Waals surface area contributed by atoms with Crippen molar-refractivity contribution in [2.75, 3.05) is 47.0 Å². The third-order valence-corrected chi connectivity index (χ3v) is 5.39. The second-order valence-corrected chi connectivity index (χ2v) is 7.42. The van der Waals surface area contributed by atoms with Crippen LogP contribution in [0.15, 0.2) is 29.3 Å². The zero-order chi connectivity index (χ0) is 19.5. The van der Waals surface area contributed by atoms with Crippen LogP contribution < -0.4 is 5.32 Å². The van der Waals surface area contributed by atoms with Gasteiger partial charge in [-0.3, -0.25) is 4.99 Å². The lowest BCUT2D eigenvalue weighted by Gasteiger charge is -2.34. The van der Waals surface area contributed by atoms with E-state index in [9.17, 15) is 0 Å². The number of nitrogens with one attached hydrogen (secondary N) is 1. The highest BCUT2D eigenvalue weighted by atomic mass is 127. The number of aliphatic imine (C=N–C) groups is 1. The lowest BCUT2D eigenvalue weighted by Crippen LogP contribution is -2.47. The summed E-state index contributed by atoms with van der Waals surface area (Å²) in [7, 11) is 3.59. The molecule has 0 aromatic heterocycles. The molecule has 1 fully saturated rings. The Morgan fingerprint density at radius 1 is 1.25 bits per heavy atom. The van der Waals surface area contributed by atoms with Gasteiger partial charge in [0.1, 0.15) is 0 Å². The molecule has 1 aromatic carbocycles. The molecule has 7 heteroatoms. The molecule has 160 valence electrons. The number of likely N-dealkylation sites (tertiary alicyclic amines) is 1. The van der Waals surface area contributed by atoms with E-state index in [0.717, 1.165) is 69.5 Å². The van der Waals surface area contributed by atoms with Crippen LogP contribution in [0.1, 0.15) is 44.1 Å². The summed E-state index contributed by atoms with van der Waals surface area (Å²) < 4.78 is 11.0. The number of nitrogens with zero attached hydrogens (tertiary/aromatic N) is 2. The van der Waals surface area contributed by atoms with Gasteiger partial charge in [-0.05, 0) is 43.4 Å². The van der Waals surface area contributed by atoms with Gasteiger partial charge in [-0.25, -0.2) is 0 Å². The quantitative estimate of drug-likeness (QED) is 0.223. The Labute approximate surface area is 192 Å². The van der Waals surface area contributed by atoms with Crippen LogP contribution in [0.5, 0.6) is 0 Å². The number of rotatable bonds is 9. The largest absolute Gasteiger partial charge is 0.385 e. The van der Waals surface area contributed by atoms with E-state index in [-0.39, 0.29) is 24.0 Å². The molecule has 0 aliphatic carbocycles. The normalized spacial score (nSPS) is 16.6. The summed E-state index contributed by atoms with van der Waals surface area (Å²) in [5.41, 5.74) is 1.31. The number of halogens is 2. The average molecular weight is 524 g/mol. The Morgan fingerprint density at radius 3 is 2.50 bits per heavy atom. The van der Waals surface area contributed by atoms with Crippen molar-refractivity contribution in [3.63, 3.8) is 0 Å². The molecule has 1 unspecified atom stereocenters. The van der Waals surface area contributed by atoms with Crippen molar-refractivity contribution in [2.45, 2.75) is 44.6 Å². The van der Waals surface area contributed by atoms with Crippen LogP contribution in [-0.2, 0) is 9.47 Å². The zero-order valence-electron chi connectivity index (χ0n) is 17.3. The fourth-order valence-electron chi connectivity index (χ4n) is 3.47. The first-order valence-electron chi connectivity index (χ1n) is 9.99. The fraction of sp³-hybridized carbons (Fsp3) is 0.667. The number of guanidine groups is 1. The number of hydrogen-bond donors (Lipinski definition) is 1. The van der Waals surface area contributed by atoms with Crippen LogP contribution in [0.3, 0.4) is 0 Å². The molecule has 1 atom stereocenters. The van der Waals surface area contributed by atoms with Gasteiger partial charge in [0.25, 0.3) is 0 Å². The molecule has 1 aliphatic heterocycles. The molecule has 0 radical (unpaired) electrons. The molecule has 5 nitrogen and oxygen atoms in total. The topological polar surface area (TPSA) is 46.1 Å². The van der Waals surface area contributed by atoms with Crippen LogP contribution in [-0.4, -0.2) is 64.0 Å². The van der Waals surface area contributed by atoms with Gasteiger partial charge in [0.05, 0.1) is 6.10 Å². The lowest BCUT2D eigenvalue weighted by atomic mass is 9.96. The first kappa shape index (κ1) is 25.5. The van der Waals surface area contributed by atoms with Gasteiger partial charge >= 0.3 is 0 Å². The first-order chi connectivity index (χ1) is 13.2. The maximum absolute atomic E-state index is 6.01. The van der Waals surface area contributed by atoms with Gasteiger partial charge in [-0.2, -0.15) is 0 Å². The van der Waals surface area contributed by atoms with Crippen LogP contribution in [0, 0.1) is 0 Å². The molecule has 1 aliphatic rings. The molecule has 28 heavy (non-hydrogen) atoms. The van der Waals surface area contributed by atoms with E-state index in [1.165, 1.54) is 5.56 Å². The summed E-state index contributed by atoms with van der Waals surface area (Å²) in [6.07, 6.45) is 4.48. The van der Waals surface area contributed by atoms with Crippen molar-refractivity contribution >= 4 is 41.5 Å². The molecule has 2 rings (SSSR count). The van der Waals surface area contributed by atoms with Crippen molar-refractivity contribution < 1.29 is 9.47 Å². The minimum Gasteiger partial charge on any atom is -0.385 e. The lowest BCUT2D eigenvalue weighted by molar-refractivity contribution is 0.00990. The first-order valence-corrected chi connectivity index (χ1v) is 10.4. The van der Waals surface area contributed by atoms with E-state index in [4.69, 9.17) is 21.1 Å². The van der Waals surface area contributed by atoms with Crippen molar-refractivity contribution in [1.29, 1.82) is 0 Å². The molecule has 0 bridgehead atoms. The highest BCUT2D eigenvalue weighted by Gasteiger charge is 2.22. The van der Waals surface area contributed by atoms with E-state index < -0.39 is 0 Å². The van der Waals surface area contributed by atoms with Gasteiger partial charge < -0.3 is 19.7 Å². The Kier molecular flexibility index (Phi) is 13.1. The van der Waals surface area contributed by atoms with E-state index in [1.807, 2.05) is 19.2 Å². The summed E-state index contributed by atoms with van der Waals surface area (Å²) in [6.45, 7) is 6.60. The fourth-order valence-corrected chi connectivity index (χ4v) is 3.59. The summed E-state index contributed by atoms with van der Waals surface area (Å²) in [6, 6.07) is 8.16. The average Bonchev–Trinajstić information content (AvgIpc) is 2.70. The third-order valence-electron chi connectivity index (χ3n) is 5.14. The Bertz CT molecular complexity index is 563. The second-order valence-electron chi connectivity index (χ2n) is 6.99. The number of piperidine rings is 1. The number of hydrogen-bond acceptors (Lipinski definition) is 3. The maximum Gasteiger partial charge on any atom is 0.193 e.